The van der Waals surface area contributed by atoms with Crippen molar-refractivity contribution >= 4 is 32.7 Å². The summed E-state index contributed by atoms with van der Waals surface area (Å²) < 4.78 is 27.9. The number of fused-ring (bicyclic) bond motifs is 1. The fraction of sp³-hybridized carbons (Fsp3) is 0.321. The van der Waals surface area contributed by atoms with Crippen molar-refractivity contribution in [2.75, 3.05) is 18.4 Å². The standard InChI is InChI=1S/C28H33N5O2S/c1-6-14-33(15-7-2)36(34,35)24-13-9-12-23(18-24)29-28-30-27-21(5)16-22(17-25(27)31-32-28)26-19(3)10-8-11-20(26)4/h8-13,16-18H,6-7,14-15H2,1-5H3,(H,29,30,32). The molecule has 0 saturated carbocycles. The summed E-state index contributed by atoms with van der Waals surface area (Å²) >= 11 is 0. The van der Waals surface area contributed by atoms with Crippen molar-refractivity contribution in [1.82, 2.24) is 19.5 Å². The number of rotatable bonds is 9. The summed E-state index contributed by atoms with van der Waals surface area (Å²) in [7, 11) is -3.58. The first-order valence-corrected chi connectivity index (χ1v) is 13.8. The van der Waals surface area contributed by atoms with E-state index >= 15 is 0 Å². The van der Waals surface area contributed by atoms with Crippen molar-refractivity contribution in [2.24, 2.45) is 0 Å². The first-order chi connectivity index (χ1) is 17.2. The Morgan fingerprint density at radius 2 is 1.50 bits per heavy atom. The zero-order chi connectivity index (χ0) is 25.9. The Balaban J connectivity index is 1.65. The van der Waals surface area contributed by atoms with E-state index in [4.69, 9.17) is 4.98 Å². The van der Waals surface area contributed by atoms with Crippen molar-refractivity contribution in [2.45, 2.75) is 52.4 Å². The fourth-order valence-electron chi connectivity index (χ4n) is 4.54. The number of aryl methyl sites for hydroxylation is 3. The minimum Gasteiger partial charge on any atom is -0.323 e. The van der Waals surface area contributed by atoms with Gasteiger partial charge in [-0.2, -0.15) is 4.31 Å². The lowest BCUT2D eigenvalue weighted by Gasteiger charge is -2.21. The molecule has 0 radical (unpaired) electrons. The molecule has 0 spiro atoms. The molecule has 0 bridgehead atoms. The van der Waals surface area contributed by atoms with Crippen LogP contribution in [0.2, 0.25) is 0 Å². The Kier molecular flexibility index (Phi) is 7.66. The van der Waals surface area contributed by atoms with Gasteiger partial charge in [0.15, 0.2) is 0 Å². The van der Waals surface area contributed by atoms with Crippen LogP contribution in [0.5, 0.6) is 0 Å². The lowest BCUT2D eigenvalue weighted by molar-refractivity contribution is 0.410. The van der Waals surface area contributed by atoms with Crippen LogP contribution in [0.15, 0.2) is 59.5 Å². The zero-order valence-corrected chi connectivity index (χ0v) is 22.4. The Morgan fingerprint density at radius 3 is 2.17 bits per heavy atom. The summed E-state index contributed by atoms with van der Waals surface area (Å²) in [5.41, 5.74) is 7.76. The molecule has 4 rings (SSSR count). The average Bonchev–Trinajstić information content (AvgIpc) is 2.84. The van der Waals surface area contributed by atoms with Crippen molar-refractivity contribution < 1.29 is 8.42 Å². The number of hydrogen-bond acceptors (Lipinski definition) is 6. The van der Waals surface area contributed by atoms with Crippen molar-refractivity contribution in [3.63, 3.8) is 0 Å². The first kappa shape index (κ1) is 25.7. The van der Waals surface area contributed by atoms with E-state index in [1.54, 1.807) is 24.3 Å². The van der Waals surface area contributed by atoms with Gasteiger partial charge in [-0.25, -0.2) is 13.4 Å². The first-order valence-electron chi connectivity index (χ1n) is 12.3. The zero-order valence-electron chi connectivity index (χ0n) is 21.5. The highest BCUT2D eigenvalue weighted by atomic mass is 32.2. The molecule has 0 aliphatic carbocycles. The van der Waals surface area contributed by atoms with Gasteiger partial charge in [-0.05, 0) is 91.8 Å². The minimum absolute atomic E-state index is 0.248. The van der Waals surface area contributed by atoms with Gasteiger partial charge in [-0.1, -0.05) is 38.1 Å². The second kappa shape index (κ2) is 10.7. The van der Waals surface area contributed by atoms with Gasteiger partial charge < -0.3 is 5.32 Å². The van der Waals surface area contributed by atoms with Crippen LogP contribution in [-0.4, -0.2) is 41.0 Å². The number of aromatic nitrogens is 3. The van der Waals surface area contributed by atoms with Crippen molar-refractivity contribution in [1.29, 1.82) is 0 Å². The number of nitrogens with zero attached hydrogens (tertiary/aromatic N) is 4. The minimum atomic E-state index is -3.58. The van der Waals surface area contributed by atoms with E-state index in [9.17, 15) is 8.42 Å². The predicted molar refractivity (Wildman–Crippen MR) is 146 cm³/mol. The smallest absolute Gasteiger partial charge is 0.247 e. The number of sulfonamides is 1. The number of anilines is 2. The Bertz CT molecular complexity index is 1480. The third-order valence-corrected chi connectivity index (χ3v) is 8.09. The summed E-state index contributed by atoms with van der Waals surface area (Å²) in [6.45, 7) is 11.2. The third kappa shape index (κ3) is 5.24. The van der Waals surface area contributed by atoms with E-state index in [1.807, 2.05) is 26.8 Å². The van der Waals surface area contributed by atoms with Gasteiger partial charge >= 0.3 is 0 Å². The maximum absolute atomic E-state index is 13.2. The maximum Gasteiger partial charge on any atom is 0.247 e. The molecule has 0 fully saturated rings. The van der Waals surface area contributed by atoms with Crippen LogP contribution in [0.3, 0.4) is 0 Å². The van der Waals surface area contributed by atoms with Gasteiger partial charge in [0, 0.05) is 18.8 Å². The molecule has 7 nitrogen and oxygen atoms in total. The molecule has 36 heavy (non-hydrogen) atoms. The van der Waals surface area contributed by atoms with Gasteiger partial charge in [0.05, 0.1) is 10.4 Å². The van der Waals surface area contributed by atoms with Crippen LogP contribution in [0.1, 0.15) is 43.4 Å². The summed E-state index contributed by atoms with van der Waals surface area (Å²) in [6, 6.07) is 17.2. The van der Waals surface area contributed by atoms with E-state index in [0.29, 0.717) is 30.2 Å². The Hall–Kier alpha value is -3.36. The van der Waals surface area contributed by atoms with Gasteiger partial charge in [0.25, 0.3) is 0 Å². The molecule has 1 heterocycles. The highest BCUT2D eigenvalue weighted by Gasteiger charge is 2.23. The van der Waals surface area contributed by atoms with Crippen LogP contribution >= 0.6 is 0 Å². The monoisotopic (exact) mass is 503 g/mol. The summed E-state index contributed by atoms with van der Waals surface area (Å²) in [5, 5.41) is 11.8. The number of nitrogens with one attached hydrogen (secondary N) is 1. The van der Waals surface area contributed by atoms with E-state index in [0.717, 1.165) is 29.5 Å². The Morgan fingerprint density at radius 1 is 0.833 bits per heavy atom. The largest absolute Gasteiger partial charge is 0.323 e. The normalized spacial score (nSPS) is 11.8. The second-order valence-electron chi connectivity index (χ2n) is 9.12. The molecule has 3 aromatic carbocycles. The lowest BCUT2D eigenvalue weighted by atomic mass is 9.94. The highest BCUT2D eigenvalue weighted by Crippen LogP contribution is 2.31. The quantitative estimate of drug-likeness (QED) is 0.294. The summed E-state index contributed by atoms with van der Waals surface area (Å²) in [5.74, 6) is 0.318. The molecule has 0 saturated heterocycles. The molecule has 0 amide bonds. The summed E-state index contributed by atoms with van der Waals surface area (Å²) in [6.07, 6.45) is 1.52. The SMILES string of the molecule is CCCN(CCC)S(=O)(=O)c1cccc(Nc2nnc3cc(-c4c(C)cccc4C)cc(C)c3n2)c1. The van der Waals surface area contributed by atoms with Crippen LogP contribution in [-0.2, 0) is 10.0 Å². The molecule has 1 aromatic heterocycles. The van der Waals surface area contributed by atoms with Gasteiger partial charge in [-0.3, -0.25) is 0 Å². The molecular weight excluding hydrogens is 470 g/mol. The lowest BCUT2D eigenvalue weighted by Crippen LogP contribution is -2.32. The summed E-state index contributed by atoms with van der Waals surface area (Å²) in [4.78, 5) is 4.94. The topological polar surface area (TPSA) is 88.1 Å². The molecule has 0 aliphatic rings. The molecule has 0 aliphatic heterocycles. The number of hydrogen-bond donors (Lipinski definition) is 1. The molecule has 4 aromatic rings. The molecule has 0 atom stereocenters. The van der Waals surface area contributed by atoms with Gasteiger partial charge in [0.2, 0.25) is 16.0 Å². The average molecular weight is 504 g/mol. The highest BCUT2D eigenvalue weighted by molar-refractivity contribution is 7.89. The Labute approximate surface area is 213 Å². The van der Waals surface area contributed by atoms with Crippen LogP contribution in [0.4, 0.5) is 11.6 Å². The molecule has 0 unspecified atom stereocenters. The number of benzene rings is 3. The van der Waals surface area contributed by atoms with Crippen LogP contribution < -0.4 is 5.32 Å². The predicted octanol–water partition coefficient (Wildman–Crippen LogP) is 6.17. The maximum atomic E-state index is 13.2. The van der Waals surface area contributed by atoms with Crippen LogP contribution in [0, 0.1) is 20.8 Å². The van der Waals surface area contributed by atoms with Crippen molar-refractivity contribution in [3.05, 3.63) is 71.3 Å². The second-order valence-corrected chi connectivity index (χ2v) is 11.1. The molecule has 8 heteroatoms. The molecule has 188 valence electrons. The van der Waals surface area contributed by atoms with E-state index < -0.39 is 10.0 Å². The third-order valence-electron chi connectivity index (χ3n) is 6.19. The van der Waals surface area contributed by atoms with E-state index in [2.05, 4.69) is 53.6 Å². The van der Waals surface area contributed by atoms with E-state index in [-0.39, 0.29) is 4.90 Å². The molecular formula is C28H33N5O2S. The van der Waals surface area contributed by atoms with E-state index in [1.165, 1.54) is 21.0 Å². The molecule has 1 N–H and O–H groups in total. The van der Waals surface area contributed by atoms with Gasteiger partial charge in [0.1, 0.15) is 5.52 Å². The van der Waals surface area contributed by atoms with Crippen LogP contribution in [0.25, 0.3) is 22.2 Å². The fourth-order valence-corrected chi connectivity index (χ4v) is 6.21. The van der Waals surface area contributed by atoms with Crippen molar-refractivity contribution in [3.8, 4) is 11.1 Å². The van der Waals surface area contributed by atoms with Gasteiger partial charge in [-0.15, -0.1) is 10.2 Å².